The van der Waals surface area contributed by atoms with Gasteiger partial charge in [0, 0.05) is 29.3 Å². The lowest BCUT2D eigenvalue weighted by Crippen LogP contribution is -2.35. The van der Waals surface area contributed by atoms with Crippen LogP contribution in [0.1, 0.15) is 39.5 Å². The number of hydrogen-bond donors (Lipinski definition) is 1. The molecule has 30 heavy (non-hydrogen) atoms. The highest BCUT2D eigenvalue weighted by Crippen LogP contribution is 2.35. The monoisotopic (exact) mass is 442 g/mol. The van der Waals surface area contributed by atoms with Gasteiger partial charge >= 0.3 is 0 Å². The number of fused-ring (bicyclic) bond motifs is 1. The predicted molar refractivity (Wildman–Crippen MR) is 114 cm³/mol. The molecule has 9 heteroatoms. The molecule has 2 aromatic heterocycles. The molecule has 3 heterocycles. The van der Waals surface area contributed by atoms with Crippen molar-refractivity contribution in [3.05, 3.63) is 51.2 Å². The van der Waals surface area contributed by atoms with Crippen molar-refractivity contribution in [3.63, 3.8) is 0 Å². The average Bonchev–Trinajstić information content (AvgIpc) is 3.41. The second kappa shape index (κ2) is 7.52. The normalized spacial score (nSPS) is 15.7. The Morgan fingerprint density at radius 3 is 2.87 bits per heavy atom. The number of nitrogens with one attached hydrogen (secondary N) is 1. The molecule has 3 aromatic rings. The van der Waals surface area contributed by atoms with Crippen molar-refractivity contribution in [1.82, 2.24) is 15.0 Å². The van der Waals surface area contributed by atoms with Crippen LogP contribution < -0.4 is 5.32 Å². The SMILES string of the molecule is Cc1onc(-c2ccccc2Cl)c1C(=O)N1CCc2nc(NC(=O)C3CC3)sc2C1. The number of benzene rings is 1. The van der Waals surface area contributed by atoms with Crippen molar-refractivity contribution in [1.29, 1.82) is 0 Å². The van der Waals surface area contributed by atoms with Crippen molar-refractivity contribution in [2.45, 2.75) is 32.7 Å². The quantitative estimate of drug-likeness (QED) is 0.650. The number of anilines is 1. The lowest BCUT2D eigenvalue weighted by Gasteiger charge is -2.26. The molecule has 1 saturated carbocycles. The van der Waals surface area contributed by atoms with E-state index in [4.69, 9.17) is 16.1 Å². The van der Waals surface area contributed by atoms with E-state index in [0.29, 0.717) is 52.2 Å². The molecule has 0 atom stereocenters. The zero-order chi connectivity index (χ0) is 20.8. The van der Waals surface area contributed by atoms with Crippen molar-refractivity contribution in [2.75, 3.05) is 11.9 Å². The molecule has 0 saturated heterocycles. The van der Waals surface area contributed by atoms with E-state index >= 15 is 0 Å². The fourth-order valence-electron chi connectivity index (χ4n) is 3.59. The second-order valence-electron chi connectivity index (χ2n) is 7.57. The lowest BCUT2D eigenvalue weighted by atomic mass is 10.0. The van der Waals surface area contributed by atoms with Gasteiger partial charge in [-0.15, -0.1) is 0 Å². The van der Waals surface area contributed by atoms with E-state index in [-0.39, 0.29) is 17.7 Å². The van der Waals surface area contributed by atoms with Crippen LogP contribution in [0.25, 0.3) is 11.3 Å². The third kappa shape index (κ3) is 3.50. The summed E-state index contributed by atoms with van der Waals surface area (Å²) in [6.45, 7) is 2.71. The third-order valence-electron chi connectivity index (χ3n) is 5.40. The number of aromatic nitrogens is 2. The van der Waals surface area contributed by atoms with Crippen molar-refractivity contribution in [2.24, 2.45) is 5.92 Å². The Balaban J connectivity index is 1.39. The molecule has 2 aliphatic rings. The van der Waals surface area contributed by atoms with E-state index < -0.39 is 0 Å². The van der Waals surface area contributed by atoms with Gasteiger partial charge in [-0.1, -0.05) is 46.3 Å². The van der Waals surface area contributed by atoms with E-state index in [1.165, 1.54) is 11.3 Å². The topological polar surface area (TPSA) is 88.3 Å². The predicted octanol–water partition coefficient (Wildman–Crippen LogP) is 4.31. The summed E-state index contributed by atoms with van der Waals surface area (Å²) in [5, 5.41) is 8.13. The van der Waals surface area contributed by atoms with Crippen LogP contribution in [-0.4, -0.2) is 33.4 Å². The number of rotatable bonds is 4. The molecule has 1 aromatic carbocycles. The molecule has 7 nitrogen and oxygen atoms in total. The molecule has 1 aliphatic heterocycles. The van der Waals surface area contributed by atoms with E-state index in [0.717, 1.165) is 23.4 Å². The number of aryl methyl sites for hydroxylation is 1. The van der Waals surface area contributed by atoms with Crippen LogP contribution in [0.5, 0.6) is 0 Å². The van der Waals surface area contributed by atoms with Crippen LogP contribution in [0.2, 0.25) is 5.02 Å². The zero-order valence-corrected chi connectivity index (χ0v) is 17.8. The second-order valence-corrected chi connectivity index (χ2v) is 9.06. The van der Waals surface area contributed by atoms with Crippen molar-refractivity contribution in [3.8, 4) is 11.3 Å². The number of amides is 2. The van der Waals surface area contributed by atoms with Crippen LogP contribution in [-0.2, 0) is 17.8 Å². The Morgan fingerprint density at radius 1 is 1.30 bits per heavy atom. The molecular weight excluding hydrogens is 424 g/mol. The number of hydrogen-bond acceptors (Lipinski definition) is 6. The van der Waals surface area contributed by atoms with Crippen LogP contribution in [0.4, 0.5) is 5.13 Å². The largest absolute Gasteiger partial charge is 0.360 e. The summed E-state index contributed by atoms with van der Waals surface area (Å²) >= 11 is 7.76. The summed E-state index contributed by atoms with van der Waals surface area (Å²) < 4.78 is 5.35. The molecule has 1 fully saturated rings. The molecular formula is C21H19ClN4O3S. The van der Waals surface area contributed by atoms with Gasteiger partial charge in [-0.3, -0.25) is 9.59 Å². The maximum Gasteiger partial charge on any atom is 0.260 e. The number of thiazole rings is 1. The minimum Gasteiger partial charge on any atom is -0.360 e. The highest BCUT2D eigenvalue weighted by atomic mass is 35.5. The molecule has 0 spiro atoms. The van der Waals surface area contributed by atoms with Crippen LogP contribution >= 0.6 is 22.9 Å². The summed E-state index contributed by atoms with van der Waals surface area (Å²) in [6, 6.07) is 7.26. The summed E-state index contributed by atoms with van der Waals surface area (Å²) in [6.07, 6.45) is 2.54. The van der Waals surface area contributed by atoms with Crippen molar-refractivity contribution >= 4 is 39.9 Å². The zero-order valence-electron chi connectivity index (χ0n) is 16.3. The number of nitrogens with zero attached hydrogens (tertiary/aromatic N) is 3. The first-order chi connectivity index (χ1) is 14.5. The van der Waals surface area contributed by atoms with E-state index in [9.17, 15) is 9.59 Å². The average molecular weight is 443 g/mol. The van der Waals surface area contributed by atoms with Gasteiger partial charge < -0.3 is 14.7 Å². The first kappa shape index (κ1) is 19.3. The summed E-state index contributed by atoms with van der Waals surface area (Å²) in [5.41, 5.74) is 2.50. The highest BCUT2D eigenvalue weighted by molar-refractivity contribution is 7.15. The van der Waals surface area contributed by atoms with E-state index in [1.807, 2.05) is 18.2 Å². The van der Waals surface area contributed by atoms with E-state index in [1.54, 1.807) is 17.9 Å². The van der Waals surface area contributed by atoms with Gasteiger partial charge in [-0.25, -0.2) is 4.98 Å². The summed E-state index contributed by atoms with van der Waals surface area (Å²) in [4.78, 5) is 32.7. The van der Waals surface area contributed by atoms with E-state index in [2.05, 4.69) is 15.5 Å². The summed E-state index contributed by atoms with van der Waals surface area (Å²) in [5.74, 6) is 0.482. The molecule has 0 unspecified atom stereocenters. The molecule has 2 amide bonds. The van der Waals surface area contributed by atoms with Crippen LogP contribution in [0.15, 0.2) is 28.8 Å². The summed E-state index contributed by atoms with van der Waals surface area (Å²) in [7, 11) is 0. The molecule has 5 rings (SSSR count). The van der Waals surface area contributed by atoms with Crippen LogP contribution in [0, 0.1) is 12.8 Å². The molecule has 154 valence electrons. The minimum absolute atomic E-state index is 0.0403. The first-order valence-electron chi connectivity index (χ1n) is 9.81. The Kier molecular flexibility index (Phi) is 4.83. The standard InChI is InChI=1S/C21H19ClN4O3S/c1-11-17(18(25-29-11)13-4-2-3-5-14(13)22)20(28)26-9-8-15-16(10-26)30-21(23-15)24-19(27)12-6-7-12/h2-5,12H,6-10H2,1H3,(H,23,24,27). The number of carbonyl (C=O) groups excluding carboxylic acids is 2. The van der Waals surface area contributed by atoms with Gasteiger partial charge in [0.2, 0.25) is 5.91 Å². The Labute approximate surface area is 182 Å². The fraction of sp³-hybridized carbons (Fsp3) is 0.333. The van der Waals surface area contributed by atoms with Gasteiger partial charge in [-0.05, 0) is 25.8 Å². The van der Waals surface area contributed by atoms with Gasteiger partial charge in [0.15, 0.2) is 5.13 Å². The van der Waals surface area contributed by atoms with Gasteiger partial charge in [-0.2, -0.15) is 0 Å². The maximum atomic E-state index is 13.4. The lowest BCUT2D eigenvalue weighted by molar-refractivity contribution is -0.117. The smallest absolute Gasteiger partial charge is 0.260 e. The fourth-order valence-corrected chi connectivity index (χ4v) is 4.85. The Hall–Kier alpha value is -2.71. The Bertz CT molecular complexity index is 1150. The molecule has 1 N–H and O–H groups in total. The molecule has 1 aliphatic carbocycles. The Morgan fingerprint density at radius 2 is 2.10 bits per heavy atom. The van der Waals surface area contributed by atoms with Gasteiger partial charge in [0.25, 0.3) is 5.91 Å². The number of carbonyl (C=O) groups is 2. The number of halogens is 1. The van der Waals surface area contributed by atoms with Gasteiger partial charge in [0.05, 0.1) is 17.3 Å². The van der Waals surface area contributed by atoms with Gasteiger partial charge in [0.1, 0.15) is 17.0 Å². The minimum atomic E-state index is -0.147. The molecule has 0 radical (unpaired) electrons. The first-order valence-corrected chi connectivity index (χ1v) is 11.0. The maximum absolute atomic E-state index is 13.4. The molecule has 0 bridgehead atoms. The highest BCUT2D eigenvalue weighted by Gasteiger charge is 2.32. The van der Waals surface area contributed by atoms with Crippen molar-refractivity contribution < 1.29 is 14.1 Å². The van der Waals surface area contributed by atoms with Crippen LogP contribution in [0.3, 0.4) is 0 Å². The third-order valence-corrected chi connectivity index (χ3v) is 6.73.